The van der Waals surface area contributed by atoms with Crippen LogP contribution in [0.1, 0.15) is 74.4 Å². The van der Waals surface area contributed by atoms with Gasteiger partial charge in [0, 0.05) is 17.2 Å². The van der Waals surface area contributed by atoms with E-state index in [4.69, 9.17) is 14.2 Å². The average Bonchev–Trinajstić information content (AvgIpc) is 2.83. The number of carbonyl (C=O) groups is 1. The van der Waals surface area contributed by atoms with E-state index in [1.165, 1.54) is 0 Å². The number of carbonyl (C=O) groups excluding carboxylic acids is 1. The van der Waals surface area contributed by atoms with Gasteiger partial charge in [-0.2, -0.15) is 0 Å². The molecule has 33 heavy (non-hydrogen) atoms. The Balaban J connectivity index is 2.26. The van der Waals surface area contributed by atoms with Gasteiger partial charge in [0.1, 0.15) is 23.9 Å². The zero-order chi connectivity index (χ0) is 23.9. The lowest BCUT2D eigenvalue weighted by Gasteiger charge is -2.16. The molecule has 0 fully saturated rings. The molecule has 0 radical (unpaired) electrons. The molecule has 0 saturated heterocycles. The van der Waals surface area contributed by atoms with Gasteiger partial charge >= 0.3 is 0 Å². The summed E-state index contributed by atoms with van der Waals surface area (Å²) in [6.45, 7) is 11.9. The van der Waals surface area contributed by atoms with Gasteiger partial charge in [-0.3, -0.25) is 4.79 Å². The molecule has 0 heterocycles. The van der Waals surface area contributed by atoms with Crippen molar-refractivity contribution in [2.75, 3.05) is 19.8 Å². The lowest BCUT2D eigenvalue weighted by Crippen LogP contribution is -2.04. The third-order valence-electron chi connectivity index (χ3n) is 5.14. The van der Waals surface area contributed by atoms with Crippen molar-refractivity contribution in [3.8, 4) is 17.2 Å². The minimum Gasteiger partial charge on any atom is -0.493 e. The van der Waals surface area contributed by atoms with Crippen LogP contribution in [0.3, 0.4) is 0 Å². The molecule has 0 amide bonds. The van der Waals surface area contributed by atoms with E-state index < -0.39 is 0 Å². The number of ether oxygens (including phenoxy) is 3. The Morgan fingerprint density at radius 2 is 1.55 bits per heavy atom. The summed E-state index contributed by atoms with van der Waals surface area (Å²) in [4.78, 5) is 12.8. The maximum atomic E-state index is 12.8. The van der Waals surface area contributed by atoms with Crippen molar-refractivity contribution >= 4 is 11.9 Å². The van der Waals surface area contributed by atoms with Gasteiger partial charge in [0.25, 0.3) is 0 Å². The first-order valence-corrected chi connectivity index (χ1v) is 12.1. The van der Waals surface area contributed by atoms with Gasteiger partial charge < -0.3 is 14.2 Å². The van der Waals surface area contributed by atoms with Crippen LogP contribution >= 0.6 is 0 Å². The van der Waals surface area contributed by atoms with Gasteiger partial charge in [0.15, 0.2) is 5.78 Å². The monoisotopic (exact) mass is 450 g/mol. The van der Waals surface area contributed by atoms with Crippen LogP contribution in [0.25, 0.3) is 6.08 Å². The fourth-order valence-electron chi connectivity index (χ4n) is 3.26. The largest absolute Gasteiger partial charge is 0.493 e. The molecule has 0 unspecified atom stereocenters. The number of hydrogen-bond donors (Lipinski definition) is 0. The Bertz CT molecular complexity index is 897. The molecule has 2 aromatic carbocycles. The molecule has 0 aliphatic heterocycles. The standard InChI is InChI=1S/C29H38O4/c1-5-9-19-32-28-22-29(33-20-10-6-2)25(21-24(28)11-7-3)14-17-27(30)23-12-15-26(16-13-23)31-18-8-4/h8,12-17,21-22H,4-7,9-11,18-20H2,1-3H3. The van der Waals surface area contributed by atoms with Crippen molar-refractivity contribution in [1.82, 2.24) is 0 Å². The average molecular weight is 451 g/mol. The van der Waals surface area contributed by atoms with Crippen LogP contribution in [-0.2, 0) is 6.42 Å². The first-order chi connectivity index (χ1) is 16.1. The highest BCUT2D eigenvalue weighted by Crippen LogP contribution is 2.32. The van der Waals surface area contributed by atoms with Crippen molar-refractivity contribution in [2.45, 2.75) is 59.3 Å². The van der Waals surface area contributed by atoms with E-state index in [-0.39, 0.29) is 5.78 Å². The molecule has 4 nitrogen and oxygen atoms in total. The Morgan fingerprint density at radius 1 is 0.879 bits per heavy atom. The summed E-state index contributed by atoms with van der Waals surface area (Å²) in [5.41, 5.74) is 2.66. The zero-order valence-corrected chi connectivity index (χ0v) is 20.4. The van der Waals surface area contributed by atoms with Crippen molar-refractivity contribution in [2.24, 2.45) is 0 Å². The molecule has 4 heteroatoms. The molecule has 0 aromatic heterocycles. The molecule has 0 aliphatic carbocycles. The van der Waals surface area contributed by atoms with Crippen LogP contribution < -0.4 is 14.2 Å². The molecule has 178 valence electrons. The van der Waals surface area contributed by atoms with Gasteiger partial charge in [-0.1, -0.05) is 52.7 Å². The Labute approximate surface area is 199 Å². The number of ketones is 1. The molecular weight excluding hydrogens is 412 g/mol. The number of aryl methyl sites for hydroxylation is 1. The quantitative estimate of drug-likeness (QED) is 0.115. The highest BCUT2D eigenvalue weighted by molar-refractivity contribution is 6.07. The highest BCUT2D eigenvalue weighted by atomic mass is 16.5. The fraction of sp³-hybridized carbons (Fsp3) is 0.414. The molecular formula is C29H38O4. The van der Waals surface area contributed by atoms with E-state index in [2.05, 4.69) is 33.4 Å². The maximum absolute atomic E-state index is 12.8. The van der Waals surface area contributed by atoms with Crippen molar-refractivity contribution in [3.63, 3.8) is 0 Å². The fourth-order valence-corrected chi connectivity index (χ4v) is 3.26. The summed E-state index contributed by atoms with van der Waals surface area (Å²) >= 11 is 0. The minimum absolute atomic E-state index is 0.0647. The van der Waals surface area contributed by atoms with Crippen LogP contribution in [0.15, 0.2) is 55.1 Å². The van der Waals surface area contributed by atoms with Gasteiger partial charge in [-0.25, -0.2) is 0 Å². The van der Waals surface area contributed by atoms with Crippen molar-refractivity contribution in [3.05, 3.63) is 71.8 Å². The van der Waals surface area contributed by atoms with Gasteiger partial charge in [0.05, 0.1) is 13.2 Å². The molecule has 0 aliphatic rings. The van der Waals surface area contributed by atoms with Gasteiger partial charge in [-0.05, 0) is 67.3 Å². The molecule has 0 spiro atoms. The normalized spacial score (nSPS) is 10.9. The topological polar surface area (TPSA) is 44.8 Å². The first-order valence-electron chi connectivity index (χ1n) is 12.1. The van der Waals surface area contributed by atoms with Crippen LogP contribution in [0, 0.1) is 0 Å². The van der Waals surface area contributed by atoms with E-state index in [1.807, 2.05) is 12.1 Å². The molecule has 0 saturated carbocycles. The van der Waals surface area contributed by atoms with Gasteiger partial charge in [0.2, 0.25) is 0 Å². The summed E-state index contributed by atoms with van der Waals surface area (Å²) in [7, 11) is 0. The number of rotatable bonds is 16. The second kappa shape index (κ2) is 14.9. The maximum Gasteiger partial charge on any atom is 0.185 e. The number of unbranched alkanes of at least 4 members (excludes halogenated alkanes) is 2. The van der Waals surface area contributed by atoms with Crippen LogP contribution in [0.4, 0.5) is 0 Å². The zero-order valence-electron chi connectivity index (χ0n) is 20.4. The van der Waals surface area contributed by atoms with Crippen molar-refractivity contribution in [1.29, 1.82) is 0 Å². The first kappa shape index (κ1) is 26.2. The predicted molar refractivity (Wildman–Crippen MR) is 137 cm³/mol. The Morgan fingerprint density at radius 3 is 2.15 bits per heavy atom. The minimum atomic E-state index is -0.0647. The Hall–Kier alpha value is -3.01. The lowest BCUT2D eigenvalue weighted by molar-refractivity contribution is 0.104. The van der Waals surface area contributed by atoms with Crippen molar-refractivity contribution < 1.29 is 19.0 Å². The Kier molecular flexibility index (Phi) is 11.9. The predicted octanol–water partition coefficient (Wildman–Crippen LogP) is 7.46. The van der Waals surface area contributed by atoms with Gasteiger partial charge in [-0.15, -0.1) is 0 Å². The molecule has 0 atom stereocenters. The smallest absolute Gasteiger partial charge is 0.185 e. The van der Waals surface area contributed by atoms with Crippen LogP contribution in [0.5, 0.6) is 17.2 Å². The third kappa shape index (κ3) is 8.80. The number of hydrogen-bond acceptors (Lipinski definition) is 4. The third-order valence-corrected chi connectivity index (χ3v) is 5.14. The SMILES string of the molecule is C=CCOc1ccc(C(=O)C=Cc2cc(CCC)c(OCCCC)cc2OCCCC)cc1. The second-order valence-electron chi connectivity index (χ2n) is 7.97. The summed E-state index contributed by atoms with van der Waals surface area (Å²) in [5, 5.41) is 0. The summed E-state index contributed by atoms with van der Waals surface area (Å²) in [6.07, 6.45) is 11.2. The van der Waals surface area contributed by atoms with E-state index in [1.54, 1.807) is 36.4 Å². The van der Waals surface area contributed by atoms with Crippen LogP contribution in [-0.4, -0.2) is 25.6 Å². The van der Waals surface area contributed by atoms with E-state index in [0.717, 1.165) is 61.2 Å². The number of allylic oxidation sites excluding steroid dienone is 1. The van der Waals surface area contributed by atoms with E-state index in [9.17, 15) is 4.79 Å². The molecule has 2 aromatic rings. The number of benzene rings is 2. The highest BCUT2D eigenvalue weighted by Gasteiger charge is 2.12. The molecule has 0 bridgehead atoms. The van der Waals surface area contributed by atoms with Crippen LogP contribution in [0.2, 0.25) is 0 Å². The molecule has 2 rings (SSSR count). The summed E-state index contributed by atoms with van der Waals surface area (Å²) in [5.74, 6) is 2.29. The summed E-state index contributed by atoms with van der Waals surface area (Å²) < 4.78 is 17.6. The van der Waals surface area contributed by atoms with E-state index in [0.29, 0.717) is 31.1 Å². The summed E-state index contributed by atoms with van der Waals surface area (Å²) in [6, 6.07) is 11.2. The lowest BCUT2D eigenvalue weighted by atomic mass is 10.0. The second-order valence-corrected chi connectivity index (χ2v) is 7.97. The van der Waals surface area contributed by atoms with E-state index >= 15 is 0 Å². The molecule has 0 N–H and O–H groups in total.